The van der Waals surface area contributed by atoms with Crippen LogP contribution in [0.5, 0.6) is 0 Å². The van der Waals surface area contributed by atoms with E-state index in [0.29, 0.717) is 28.0 Å². The van der Waals surface area contributed by atoms with Crippen molar-refractivity contribution >= 4 is 28.1 Å². The molecule has 0 radical (unpaired) electrons. The maximum atomic E-state index is 12.8. The molecule has 0 aliphatic heterocycles. The van der Waals surface area contributed by atoms with E-state index in [2.05, 4.69) is 9.97 Å². The number of hydrogen-bond acceptors (Lipinski definition) is 3. The van der Waals surface area contributed by atoms with E-state index in [1.165, 1.54) is 16.7 Å². The molecule has 0 saturated heterocycles. The van der Waals surface area contributed by atoms with Crippen molar-refractivity contribution in [1.82, 2.24) is 14.5 Å². The Kier molecular flexibility index (Phi) is 4.15. The van der Waals surface area contributed by atoms with E-state index < -0.39 is 12.1 Å². The molecule has 2 aromatic rings. The smallest absolute Gasteiger partial charge is 0.299 e. The molecule has 0 spiro atoms. The van der Waals surface area contributed by atoms with Crippen LogP contribution in [0.1, 0.15) is 30.8 Å². The fourth-order valence-corrected chi connectivity index (χ4v) is 3.11. The molecule has 0 N–H and O–H groups in total. The summed E-state index contributed by atoms with van der Waals surface area (Å²) in [6, 6.07) is 1.44. The maximum absolute atomic E-state index is 12.8. The van der Waals surface area contributed by atoms with Crippen molar-refractivity contribution in [3.63, 3.8) is 0 Å². The minimum atomic E-state index is -4.20. The van der Waals surface area contributed by atoms with E-state index in [1.54, 1.807) is 14.0 Å². The summed E-state index contributed by atoms with van der Waals surface area (Å²) in [5.74, 6) is -0.836. The SMILES string of the molecule is Cc1nc2c(C3=CCC(C(F)(F)F)CC3)nc(Cl)cc2c(=O)n1C. The number of aryl methyl sites for hydroxylation is 1. The third kappa shape index (κ3) is 2.92. The molecule has 0 saturated carbocycles. The Morgan fingerprint density at radius 2 is 2.04 bits per heavy atom. The molecular formula is C16H15ClF3N3O. The van der Waals surface area contributed by atoms with Gasteiger partial charge >= 0.3 is 6.18 Å². The predicted octanol–water partition coefficient (Wildman–Crippen LogP) is 4.04. The van der Waals surface area contributed by atoms with Crippen molar-refractivity contribution < 1.29 is 13.2 Å². The number of hydrogen-bond donors (Lipinski definition) is 0. The van der Waals surface area contributed by atoms with E-state index in [1.807, 2.05) is 0 Å². The molecule has 2 heterocycles. The number of alkyl halides is 3. The maximum Gasteiger partial charge on any atom is 0.392 e. The molecule has 128 valence electrons. The zero-order valence-corrected chi connectivity index (χ0v) is 13.9. The second-order valence-corrected chi connectivity index (χ2v) is 6.34. The Bertz CT molecular complexity index is 902. The van der Waals surface area contributed by atoms with Crippen LogP contribution in [0, 0.1) is 12.8 Å². The van der Waals surface area contributed by atoms with Gasteiger partial charge in [0.25, 0.3) is 5.56 Å². The summed E-state index contributed by atoms with van der Waals surface area (Å²) in [4.78, 5) is 21.0. The lowest BCUT2D eigenvalue weighted by Gasteiger charge is -2.24. The topological polar surface area (TPSA) is 47.8 Å². The molecule has 4 nitrogen and oxygen atoms in total. The van der Waals surface area contributed by atoms with Crippen molar-refractivity contribution in [2.75, 3.05) is 0 Å². The van der Waals surface area contributed by atoms with Crippen LogP contribution in [0.4, 0.5) is 13.2 Å². The summed E-state index contributed by atoms with van der Waals surface area (Å²) in [7, 11) is 1.60. The van der Waals surface area contributed by atoms with E-state index in [4.69, 9.17) is 11.6 Å². The van der Waals surface area contributed by atoms with Gasteiger partial charge in [-0.15, -0.1) is 0 Å². The first-order chi connectivity index (χ1) is 11.2. The van der Waals surface area contributed by atoms with Crippen LogP contribution < -0.4 is 5.56 Å². The summed E-state index contributed by atoms with van der Waals surface area (Å²) in [6.45, 7) is 1.69. The Labute approximate surface area is 141 Å². The second kappa shape index (κ2) is 5.88. The highest BCUT2D eigenvalue weighted by Crippen LogP contribution is 2.40. The molecule has 0 aromatic carbocycles. The number of pyridine rings is 1. The van der Waals surface area contributed by atoms with Gasteiger partial charge in [0.2, 0.25) is 0 Å². The van der Waals surface area contributed by atoms with Gasteiger partial charge in [0.05, 0.1) is 17.0 Å². The number of fused-ring (bicyclic) bond motifs is 1. The van der Waals surface area contributed by atoms with E-state index >= 15 is 0 Å². The number of rotatable bonds is 1. The lowest BCUT2D eigenvalue weighted by Crippen LogP contribution is -2.24. The van der Waals surface area contributed by atoms with E-state index in [-0.39, 0.29) is 30.0 Å². The first-order valence-corrected chi connectivity index (χ1v) is 7.86. The van der Waals surface area contributed by atoms with Gasteiger partial charge in [0.15, 0.2) is 0 Å². The zero-order chi connectivity index (χ0) is 17.6. The van der Waals surface area contributed by atoms with Crippen molar-refractivity contribution in [3.05, 3.63) is 39.2 Å². The monoisotopic (exact) mass is 357 g/mol. The van der Waals surface area contributed by atoms with Crippen LogP contribution in [-0.4, -0.2) is 20.7 Å². The molecule has 1 atom stereocenters. The van der Waals surface area contributed by atoms with Gasteiger partial charge in [-0.05, 0) is 37.8 Å². The standard InChI is InChI=1S/C16H15ClF3N3O/c1-8-21-14-11(15(24)23(8)2)7-12(17)22-13(14)9-3-5-10(6-4-9)16(18,19)20/h3,7,10H,4-6H2,1-2H3. The lowest BCUT2D eigenvalue weighted by atomic mass is 9.87. The third-order valence-corrected chi connectivity index (χ3v) is 4.63. The molecular weight excluding hydrogens is 343 g/mol. The summed E-state index contributed by atoms with van der Waals surface area (Å²) >= 11 is 6.01. The second-order valence-electron chi connectivity index (χ2n) is 5.96. The minimum Gasteiger partial charge on any atom is -0.299 e. The summed E-state index contributed by atoms with van der Waals surface area (Å²) in [5.41, 5.74) is 1.19. The molecule has 1 unspecified atom stereocenters. The Balaban J connectivity index is 2.14. The Morgan fingerprint density at radius 3 is 2.62 bits per heavy atom. The van der Waals surface area contributed by atoms with Crippen molar-refractivity contribution in [2.24, 2.45) is 13.0 Å². The summed E-state index contributed by atoms with van der Waals surface area (Å²) in [6.07, 6.45) is -2.54. The molecule has 1 aliphatic carbocycles. The first kappa shape index (κ1) is 17.0. The van der Waals surface area contributed by atoms with Crippen LogP contribution in [0.25, 0.3) is 16.5 Å². The molecule has 0 amide bonds. The number of allylic oxidation sites excluding steroid dienone is 2. The van der Waals surface area contributed by atoms with E-state index in [0.717, 1.165) is 0 Å². The van der Waals surface area contributed by atoms with Crippen molar-refractivity contribution in [1.29, 1.82) is 0 Å². The fourth-order valence-electron chi connectivity index (χ4n) is 2.92. The first-order valence-electron chi connectivity index (χ1n) is 7.48. The number of aromatic nitrogens is 3. The molecule has 1 aliphatic rings. The van der Waals surface area contributed by atoms with Gasteiger partial charge < -0.3 is 0 Å². The zero-order valence-electron chi connectivity index (χ0n) is 13.1. The summed E-state index contributed by atoms with van der Waals surface area (Å²) < 4.78 is 39.8. The average Bonchev–Trinajstić information content (AvgIpc) is 2.52. The quantitative estimate of drug-likeness (QED) is 0.724. The van der Waals surface area contributed by atoms with Gasteiger partial charge in [-0.1, -0.05) is 17.7 Å². The average molecular weight is 358 g/mol. The summed E-state index contributed by atoms with van der Waals surface area (Å²) in [5, 5.41) is 0.441. The van der Waals surface area contributed by atoms with Crippen LogP contribution in [0.2, 0.25) is 5.15 Å². The van der Waals surface area contributed by atoms with Crippen LogP contribution in [0.3, 0.4) is 0 Å². The number of nitrogens with zero attached hydrogens (tertiary/aromatic N) is 3. The molecule has 0 fully saturated rings. The Morgan fingerprint density at radius 1 is 1.33 bits per heavy atom. The highest BCUT2D eigenvalue weighted by molar-refractivity contribution is 6.30. The van der Waals surface area contributed by atoms with Gasteiger partial charge in [0, 0.05) is 7.05 Å². The van der Waals surface area contributed by atoms with Crippen LogP contribution >= 0.6 is 11.6 Å². The highest BCUT2D eigenvalue weighted by atomic mass is 35.5. The van der Waals surface area contributed by atoms with E-state index in [9.17, 15) is 18.0 Å². The van der Waals surface area contributed by atoms with Crippen LogP contribution in [0.15, 0.2) is 16.9 Å². The van der Waals surface area contributed by atoms with Gasteiger partial charge in [-0.3, -0.25) is 9.36 Å². The highest BCUT2D eigenvalue weighted by Gasteiger charge is 2.40. The molecule has 3 rings (SSSR count). The van der Waals surface area contributed by atoms with Gasteiger partial charge in [-0.2, -0.15) is 13.2 Å². The van der Waals surface area contributed by atoms with Crippen molar-refractivity contribution in [2.45, 2.75) is 32.4 Å². The van der Waals surface area contributed by atoms with Crippen LogP contribution in [-0.2, 0) is 7.05 Å². The number of halogens is 4. The third-order valence-electron chi connectivity index (χ3n) is 4.43. The molecule has 2 aromatic heterocycles. The molecule has 0 bridgehead atoms. The van der Waals surface area contributed by atoms with Crippen molar-refractivity contribution in [3.8, 4) is 0 Å². The lowest BCUT2D eigenvalue weighted by molar-refractivity contribution is -0.175. The van der Waals surface area contributed by atoms with Gasteiger partial charge in [0.1, 0.15) is 16.5 Å². The minimum absolute atomic E-state index is 0.00511. The molecule has 8 heteroatoms. The molecule has 24 heavy (non-hydrogen) atoms. The normalized spacial score (nSPS) is 18.8. The predicted molar refractivity (Wildman–Crippen MR) is 85.9 cm³/mol. The van der Waals surface area contributed by atoms with Gasteiger partial charge in [-0.25, -0.2) is 9.97 Å². The fraction of sp³-hybridized carbons (Fsp3) is 0.438. The Hall–Kier alpha value is -1.89. The largest absolute Gasteiger partial charge is 0.392 e.